The number of benzene rings is 1. The predicted molar refractivity (Wildman–Crippen MR) is 81.2 cm³/mol. The standard InChI is InChI=1S/C16H19N3O2/c20-16(19-9-11-21-12-10-19)18-8-6-14-4-1-3-13-5-2-7-17-15(13)14/h1-5,7H,6,8-12H2,(H,18,20). The highest BCUT2D eigenvalue weighted by atomic mass is 16.5. The number of amides is 2. The second-order valence-corrected chi connectivity index (χ2v) is 5.07. The Kier molecular flexibility index (Phi) is 4.31. The number of ether oxygens (including phenoxy) is 1. The highest BCUT2D eigenvalue weighted by molar-refractivity contribution is 5.81. The summed E-state index contributed by atoms with van der Waals surface area (Å²) in [6.45, 7) is 3.20. The van der Waals surface area contributed by atoms with Crippen LogP contribution in [0.2, 0.25) is 0 Å². The molecule has 1 aliphatic heterocycles. The summed E-state index contributed by atoms with van der Waals surface area (Å²) in [5, 5.41) is 4.10. The number of hydrogen-bond acceptors (Lipinski definition) is 3. The second-order valence-electron chi connectivity index (χ2n) is 5.07. The van der Waals surface area contributed by atoms with Crippen LogP contribution >= 0.6 is 0 Å². The quantitative estimate of drug-likeness (QED) is 0.936. The van der Waals surface area contributed by atoms with Crippen LogP contribution in [0.15, 0.2) is 36.5 Å². The van der Waals surface area contributed by atoms with E-state index in [1.165, 1.54) is 0 Å². The molecule has 2 aromatic rings. The summed E-state index contributed by atoms with van der Waals surface area (Å²) in [4.78, 5) is 18.2. The normalized spacial score (nSPS) is 15.1. The van der Waals surface area contributed by atoms with Crippen LogP contribution in [0.3, 0.4) is 0 Å². The van der Waals surface area contributed by atoms with Gasteiger partial charge in [-0.1, -0.05) is 24.3 Å². The van der Waals surface area contributed by atoms with E-state index in [0.29, 0.717) is 32.8 Å². The molecule has 1 fully saturated rings. The largest absolute Gasteiger partial charge is 0.378 e. The molecule has 0 spiro atoms. The summed E-state index contributed by atoms with van der Waals surface area (Å²) in [6.07, 6.45) is 2.59. The minimum Gasteiger partial charge on any atom is -0.378 e. The molecular formula is C16H19N3O2. The smallest absolute Gasteiger partial charge is 0.317 e. The second kappa shape index (κ2) is 6.54. The molecule has 0 atom stereocenters. The summed E-state index contributed by atoms with van der Waals surface area (Å²) in [7, 11) is 0. The van der Waals surface area contributed by atoms with Crippen molar-refractivity contribution in [1.82, 2.24) is 15.2 Å². The van der Waals surface area contributed by atoms with Crippen LogP contribution in [-0.2, 0) is 11.2 Å². The van der Waals surface area contributed by atoms with Gasteiger partial charge < -0.3 is 15.0 Å². The van der Waals surface area contributed by atoms with Crippen molar-refractivity contribution in [3.8, 4) is 0 Å². The molecule has 1 aromatic carbocycles. The van der Waals surface area contributed by atoms with Crippen LogP contribution in [0.1, 0.15) is 5.56 Å². The Hall–Kier alpha value is -2.14. The lowest BCUT2D eigenvalue weighted by molar-refractivity contribution is 0.0533. The number of hydrogen-bond donors (Lipinski definition) is 1. The maximum atomic E-state index is 12.0. The van der Waals surface area contributed by atoms with Crippen molar-refractivity contribution in [3.05, 3.63) is 42.1 Å². The molecule has 1 saturated heterocycles. The van der Waals surface area contributed by atoms with Crippen molar-refractivity contribution in [2.24, 2.45) is 0 Å². The third kappa shape index (κ3) is 3.31. The van der Waals surface area contributed by atoms with Crippen molar-refractivity contribution in [2.45, 2.75) is 6.42 Å². The molecule has 2 amide bonds. The molecule has 110 valence electrons. The van der Waals surface area contributed by atoms with E-state index in [4.69, 9.17) is 4.74 Å². The van der Waals surface area contributed by atoms with E-state index in [1.54, 1.807) is 11.1 Å². The van der Waals surface area contributed by atoms with Crippen LogP contribution in [0.4, 0.5) is 4.79 Å². The van der Waals surface area contributed by atoms with Crippen molar-refractivity contribution in [2.75, 3.05) is 32.8 Å². The van der Waals surface area contributed by atoms with Crippen LogP contribution < -0.4 is 5.32 Å². The molecule has 21 heavy (non-hydrogen) atoms. The molecule has 5 nitrogen and oxygen atoms in total. The van der Waals surface area contributed by atoms with Gasteiger partial charge in [0.2, 0.25) is 0 Å². The number of aromatic nitrogens is 1. The third-order valence-corrected chi connectivity index (χ3v) is 3.69. The van der Waals surface area contributed by atoms with Crippen LogP contribution in [0.5, 0.6) is 0 Å². The number of morpholine rings is 1. The zero-order chi connectivity index (χ0) is 14.5. The van der Waals surface area contributed by atoms with E-state index in [2.05, 4.69) is 28.5 Å². The molecule has 5 heteroatoms. The van der Waals surface area contributed by atoms with E-state index in [0.717, 1.165) is 22.9 Å². The summed E-state index contributed by atoms with van der Waals surface area (Å²) in [6, 6.07) is 10.1. The van der Waals surface area contributed by atoms with Crippen LogP contribution in [-0.4, -0.2) is 48.8 Å². The fraction of sp³-hybridized carbons (Fsp3) is 0.375. The number of carbonyl (C=O) groups is 1. The monoisotopic (exact) mass is 285 g/mol. The fourth-order valence-electron chi connectivity index (χ4n) is 2.55. The molecule has 1 aliphatic rings. The molecular weight excluding hydrogens is 266 g/mol. The predicted octanol–water partition coefficient (Wildman–Crippen LogP) is 1.82. The first-order chi connectivity index (χ1) is 10.3. The van der Waals surface area contributed by atoms with Gasteiger partial charge in [0.1, 0.15) is 0 Å². The van der Waals surface area contributed by atoms with Crippen molar-refractivity contribution in [1.29, 1.82) is 0 Å². The number of para-hydroxylation sites is 1. The Balaban J connectivity index is 1.58. The van der Waals surface area contributed by atoms with E-state index < -0.39 is 0 Å². The van der Waals surface area contributed by atoms with Crippen molar-refractivity contribution in [3.63, 3.8) is 0 Å². The average molecular weight is 285 g/mol. The van der Waals surface area contributed by atoms with E-state index in [-0.39, 0.29) is 6.03 Å². The lowest BCUT2D eigenvalue weighted by Gasteiger charge is -2.26. The average Bonchev–Trinajstić information content (AvgIpc) is 2.56. The SMILES string of the molecule is O=C(NCCc1cccc2cccnc12)N1CCOCC1. The van der Waals surface area contributed by atoms with E-state index in [9.17, 15) is 4.79 Å². The van der Waals surface area contributed by atoms with Gasteiger partial charge in [-0.15, -0.1) is 0 Å². The number of carbonyl (C=O) groups excluding carboxylic acids is 1. The fourth-order valence-corrected chi connectivity index (χ4v) is 2.55. The minimum absolute atomic E-state index is 0.00787. The third-order valence-electron chi connectivity index (χ3n) is 3.69. The summed E-state index contributed by atoms with van der Waals surface area (Å²) in [5.74, 6) is 0. The first kappa shape index (κ1) is 13.8. The zero-order valence-corrected chi connectivity index (χ0v) is 11.9. The maximum absolute atomic E-state index is 12.0. The number of rotatable bonds is 3. The lowest BCUT2D eigenvalue weighted by atomic mass is 10.1. The van der Waals surface area contributed by atoms with Gasteiger partial charge in [0.15, 0.2) is 0 Å². The molecule has 0 aliphatic carbocycles. The van der Waals surface area contributed by atoms with Crippen molar-refractivity contribution < 1.29 is 9.53 Å². The zero-order valence-electron chi connectivity index (χ0n) is 11.9. The molecule has 0 saturated carbocycles. The Morgan fingerprint density at radius 2 is 2.05 bits per heavy atom. The van der Waals surface area contributed by atoms with Crippen molar-refractivity contribution >= 4 is 16.9 Å². The van der Waals surface area contributed by atoms with Gasteiger partial charge in [0, 0.05) is 31.2 Å². The van der Waals surface area contributed by atoms with Crippen LogP contribution in [0.25, 0.3) is 10.9 Å². The number of nitrogens with one attached hydrogen (secondary N) is 1. The van der Waals surface area contributed by atoms with Gasteiger partial charge in [-0.3, -0.25) is 4.98 Å². The van der Waals surface area contributed by atoms with Crippen LogP contribution in [0, 0.1) is 0 Å². The molecule has 0 bridgehead atoms. The number of nitrogens with zero attached hydrogens (tertiary/aromatic N) is 2. The number of fused-ring (bicyclic) bond motifs is 1. The minimum atomic E-state index is -0.00787. The molecule has 2 heterocycles. The Morgan fingerprint density at radius 1 is 1.24 bits per heavy atom. The van der Waals surface area contributed by atoms with Gasteiger partial charge in [0.25, 0.3) is 0 Å². The molecule has 3 rings (SSSR count). The topological polar surface area (TPSA) is 54.5 Å². The number of pyridine rings is 1. The Bertz CT molecular complexity index is 618. The number of urea groups is 1. The highest BCUT2D eigenvalue weighted by Gasteiger charge is 2.15. The Labute approximate surface area is 123 Å². The summed E-state index contributed by atoms with van der Waals surface area (Å²) in [5.41, 5.74) is 2.18. The molecule has 0 radical (unpaired) electrons. The van der Waals surface area contributed by atoms with E-state index in [1.807, 2.05) is 12.1 Å². The lowest BCUT2D eigenvalue weighted by Crippen LogP contribution is -2.46. The molecule has 1 aromatic heterocycles. The van der Waals surface area contributed by atoms with Gasteiger partial charge >= 0.3 is 6.03 Å². The van der Waals surface area contributed by atoms with E-state index >= 15 is 0 Å². The first-order valence-electron chi connectivity index (χ1n) is 7.28. The molecule has 1 N–H and O–H groups in total. The van der Waals surface area contributed by atoms with Gasteiger partial charge in [-0.2, -0.15) is 0 Å². The first-order valence-corrected chi connectivity index (χ1v) is 7.28. The Morgan fingerprint density at radius 3 is 2.90 bits per heavy atom. The highest BCUT2D eigenvalue weighted by Crippen LogP contribution is 2.15. The van der Waals surface area contributed by atoms with Gasteiger partial charge in [0.05, 0.1) is 18.7 Å². The summed E-state index contributed by atoms with van der Waals surface area (Å²) < 4.78 is 5.24. The van der Waals surface area contributed by atoms with Gasteiger partial charge in [-0.25, -0.2) is 4.79 Å². The summed E-state index contributed by atoms with van der Waals surface area (Å²) >= 11 is 0. The van der Waals surface area contributed by atoms with Gasteiger partial charge in [-0.05, 0) is 18.1 Å². The molecule has 0 unspecified atom stereocenters. The maximum Gasteiger partial charge on any atom is 0.317 e.